The third kappa shape index (κ3) is 2.39. The van der Waals surface area contributed by atoms with Crippen LogP contribution in [0.2, 0.25) is 0 Å². The second-order valence-corrected chi connectivity index (χ2v) is 2.95. The number of guanidine groups is 1. The summed E-state index contributed by atoms with van der Waals surface area (Å²) in [6.45, 7) is 2.78. The maximum absolute atomic E-state index is 8.61. The van der Waals surface area contributed by atoms with Crippen LogP contribution in [0.4, 0.5) is 5.69 Å². The maximum atomic E-state index is 8.61. The van der Waals surface area contributed by atoms with E-state index in [0.29, 0.717) is 0 Å². The number of oxime groups is 1. The number of rotatable bonds is 3. The van der Waals surface area contributed by atoms with Gasteiger partial charge >= 0.3 is 0 Å². The molecule has 4 heteroatoms. The van der Waals surface area contributed by atoms with Gasteiger partial charge in [0.15, 0.2) is 0 Å². The first-order valence-electron chi connectivity index (χ1n) is 4.59. The minimum absolute atomic E-state index is 0.123. The number of benzene rings is 1. The predicted molar refractivity (Wildman–Crippen MR) is 57.5 cm³/mol. The van der Waals surface area contributed by atoms with Crippen molar-refractivity contribution in [3.8, 4) is 0 Å². The van der Waals surface area contributed by atoms with Crippen molar-refractivity contribution in [3.05, 3.63) is 30.3 Å². The summed E-state index contributed by atoms with van der Waals surface area (Å²) in [5.74, 6) is 0.123. The Morgan fingerprint density at radius 1 is 1.43 bits per heavy atom. The van der Waals surface area contributed by atoms with E-state index in [1.165, 1.54) is 0 Å². The number of anilines is 1. The number of nitrogens with zero attached hydrogens (tertiary/aromatic N) is 2. The van der Waals surface area contributed by atoms with Crippen molar-refractivity contribution in [1.29, 1.82) is 0 Å². The first-order chi connectivity index (χ1) is 6.79. The molecule has 0 aromatic heterocycles. The Bertz CT molecular complexity index is 297. The number of nitrogens with two attached hydrogens (primary N) is 1. The van der Waals surface area contributed by atoms with Gasteiger partial charge in [-0.2, -0.15) is 0 Å². The minimum atomic E-state index is 0.123. The Kier molecular flexibility index (Phi) is 3.79. The van der Waals surface area contributed by atoms with Gasteiger partial charge < -0.3 is 15.8 Å². The molecule has 0 aliphatic rings. The molecule has 0 fully saturated rings. The fraction of sp³-hybridized carbons (Fsp3) is 0.300. The first kappa shape index (κ1) is 10.4. The van der Waals surface area contributed by atoms with Crippen LogP contribution in [0.25, 0.3) is 0 Å². The van der Waals surface area contributed by atoms with E-state index in [4.69, 9.17) is 10.9 Å². The van der Waals surface area contributed by atoms with Crippen LogP contribution in [-0.4, -0.2) is 17.7 Å². The van der Waals surface area contributed by atoms with Gasteiger partial charge in [0.1, 0.15) is 0 Å². The molecule has 0 atom stereocenters. The summed E-state index contributed by atoms with van der Waals surface area (Å²) in [5, 5.41) is 11.6. The molecule has 0 saturated carbocycles. The van der Waals surface area contributed by atoms with Gasteiger partial charge in [0.25, 0.3) is 0 Å². The average Bonchev–Trinajstić information content (AvgIpc) is 2.26. The van der Waals surface area contributed by atoms with E-state index < -0.39 is 0 Å². The maximum Gasteiger partial charge on any atom is 0.237 e. The predicted octanol–water partition coefficient (Wildman–Crippen LogP) is 1.61. The van der Waals surface area contributed by atoms with Gasteiger partial charge in [-0.05, 0) is 18.6 Å². The van der Waals surface area contributed by atoms with Gasteiger partial charge in [-0.25, -0.2) is 0 Å². The zero-order valence-electron chi connectivity index (χ0n) is 8.22. The van der Waals surface area contributed by atoms with Gasteiger partial charge in [-0.15, -0.1) is 0 Å². The van der Waals surface area contributed by atoms with E-state index in [2.05, 4.69) is 5.16 Å². The van der Waals surface area contributed by atoms with E-state index >= 15 is 0 Å². The van der Waals surface area contributed by atoms with Crippen LogP contribution < -0.4 is 10.6 Å². The van der Waals surface area contributed by atoms with Crippen molar-refractivity contribution in [2.75, 3.05) is 11.4 Å². The molecule has 0 spiro atoms. The molecule has 0 unspecified atom stereocenters. The fourth-order valence-corrected chi connectivity index (χ4v) is 1.26. The summed E-state index contributed by atoms with van der Waals surface area (Å²) in [6.07, 6.45) is 0.936. The summed E-state index contributed by atoms with van der Waals surface area (Å²) in [7, 11) is 0. The molecule has 0 amide bonds. The Morgan fingerprint density at radius 3 is 2.57 bits per heavy atom. The second kappa shape index (κ2) is 5.11. The molecular weight excluding hydrogens is 178 g/mol. The molecule has 0 saturated heterocycles. The van der Waals surface area contributed by atoms with Crippen molar-refractivity contribution in [1.82, 2.24) is 0 Å². The Labute approximate surface area is 83.6 Å². The van der Waals surface area contributed by atoms with Crippen LogP contribution in [0, 0.1) is 0 Å². The topological polar surface area (TPSA) is 61.8 Å². The quantitative estimate of drug-likeness (QED) is 0.332. The lowest BCUT2D eigenvalue weighted by Crippen LogP contribution is -2.37. The van der Waals surface area contributed by atoms with E-state index in [1.807, 2.05) is 37.3 Å². The first-order valence-corrected chi connectivity index (χ1v) is 4.59. The Balaban J connectivity index is 2.89. The Hall–Kier alpha value is -1.71. The monoisotopic (exact) mass is 193 g/mol. The summed E-state index contributed by atoms with van der Waals surface area (Å²) >= 11 is 0. The van der Waals surface area contributed by atoms with Crippen molar-refractivity contribution < 1.29 is 5.21 Å². The molecule has 1 aromatic rings. The van der Waals surface area contributed by atoms with Crippen LogP contribution >= 0.6 is 0 Å². The molecule has 0 heterocycles. The van der Waals surface area contributed by atoms with E-state index in [9.17, 15) is 0 Å². The number of para-hydroxylation sites is 1. The molecule has 4 nitrogen and oxygen atoms in total. The Morgan fingerprint density at radius 2 is 2.07 bits per heavy atom. The largest absolute Gasteiger partial charge is 0.408 e. The highest BCUT2D eigenvalue weighted by Crippen LogP contribution is 2.12. The summed E-state index contributed by atoms with van der Waals surface area (Å²) in [4.78, 5) is 1.76. The highest BCUT2D eigenvalue weighted by atomic mass is 16.4. The van der Waals surface area contributed by atoms with Gasteiger partial charge in [-0.1, -0.05) is 30.3 Å². The third-order valence-corrected chi connectivity index (χ3v) is 1.89. The van der Waals surface area contributed by atoms with Crippen LogP contribution in [0.15, 0.2) is 35.5 Å². The normalized spacial score (nSPS) is 11.4. The standard InChI is InChI=1S/C10H15N3O/c1-2-8-13(10(11)12-14)9-6-4-3-5-7-9/h3-7,14H,2,8H2,1H3,(H2,11,12). The second-order valence-electron chi connectivity index (χ2n) is 2.95. The lowest BCUT2D eigenvalue weighted by molar-refractivity contribution is 0.317. The lowest BCUT2D eigenvalue weighted by Gasteiger charge is -2.21. The average molecular weight is 193 g/mol. The van der Waals surface area contributed by atoms with E-state index in [1.54, 1.807) is 4.90 Å². The number of hydrogen-bond donors (Lipinski definition) is 2. The minimum Gasteiger partial charge on any atom is -0.408 e. The molecule has 14 heavy (non-hydrogen) atoms. The lowest BCUT2D eigenvalue weighted by atomic mass is 10.3. The smallest absolute Gasteiger partial charge is 0.237 e. The van der Waals surface area contributed by atoms with Gasteiger partial charge in [0.05, 0.1) is 0 Å². The van der Waals surface area contributed by atoms with Gasteiger partial charge in [0.2, 0.25) is 5.96 Å². The van der Waals surface area contributed by atoms with Crippen LogP contribution in [0.1, 0.15) is 13.3 Å². The van der Waals surface area contributed by atoms with Crippen molar-refractivity contribution in [2.24, 2.45) is 10.9 Å². The van der Waals surface area contributed by atoms with Crippen molar-refractivity contribution in [3.63, 3.8) is 0 Å². The molecule has 1 aromatic carbocycles. The van der Waals surface area contributed by atoms with Crippen LogP contribution in [0.5, 0.6) is 0 Å². The zero-order chi connectivity index (χ0) is 10.4. The SMILES string of the molecule is CCCN(C(N)=NO)c1ccccc1. The van der Waals surface area contributed by atoms with Gasteiger partial charge in [-0.3, -0.25) is 0 Å². The van der Waals surface area contributed by atoms with Crippen LogP contribution in [0.3, 0.4) is 0 Å². The molecule has 3 N–H and O–H groups in total. The van der Waals surface area contributed by atoms with E-state index in [-0.39, 0.29) is 5.96 Å². The van der Waals surface area contributed by atoms with Gasteiger partial charge in [0, 0.05) is 12.2 Å². The van der Waals surface area contributed by atoms with E-state index in [0.717, 1.165) is 18.7 Å². The molecule has 0 radical (unpaired) electrons. The number of hydrogen-bond acceptors (Lipinski definition) is 2. The van der Waals surface area contributed by atoms with Crippen molar-refractivity contribution in [2.45, 2.75) is 13.3 Å². The molecular formula is C10H15N3O. The van der Waals surface area contributed by atoms with Crippen LogP contribution in [-0.2, 0) is 0 Å². The highest BCUT2D eigenvalue weighted by Gasteiger charge is 2.08. The fourth-order valence-electron chi connectivity index (χ4n) is 1.26. The summed E-state index contributed by atoms with van der Waals surface area (Å²) < 4.78 is 0. The summed E-state index contributed by atoms with van der Waals surface area (Å²) in [5.41, 5.74) is 6.50. The molecule has 76 valence electrons. The third-order valence-electron chi connectivity index (χ3n) is 1.89. The molecule has 0 bridgehead atoms. The highest BCUT2D eigenvalue weighted by molar-refractivity contribution is 5.94. The summed E-state index contributed by atoms with van der Waals surface area (Å²) in [6, 6.07) is 9.62. The molecule has 0 aliphatic heterocycles. The zero-order valence-corrected chi connectivity index (χ0v) is 8.22. The molecule has 0 aliphatic carbocycles. The van der Waals surface area contributed by atoms with Crippen molar-refractivity contribution >= 4 is 11.6 Å². The molecule has 1 rings (SSSR count).